The highest BCUT2D eigenvalue weighted by Gasteiger charge is 2.20. The summed E-state index contributed by atoms with van der Waals surface area (Å²) in [5, 5.41) is 0. The van der Waals surface area contributed by atoms with Crippen molar-refractivity contribution in [2.75, 3.05) is 20.3 Å². The van der Waals surface area contributed by atoms with Crippen LogP contribution in [0.3, 0.4) is 0 Å². The van der Waals surface area contributed by atoms with Gasteiger partial charge < -0.3 is 9.47 Å². The molecule has 1 atom stereocenters. The molecule has 1 aliphatic heterocycles. The predicted molar refractivity (Wildman–Crippen MR) is 73.7 cm³/mol. The van der Waals surface area contributed by atoms with Crippen molar-refractivity contribution in [1.29, 1.82) is 0 Å². The summed E-state index contributed by atoms with van der Waals surface area (Å²) in [6.45, 7) is 5.10. The van der Waals surface area contributed by atoms with Gasteiger partial charge in [0.25, 0.3) is 0 Å². The molecule has 1 aromatic rings. The third-order valence-corrected chi connectivity index (χ3v) is 3.34. The molecule has 3 nitrogen and oxygen atoms in total. The first-order chi connectivity index (χ1) is 9.11. The van der Waals surface area contributed by atoms with Gasteiger partial charge >= 0.3 is 0 Å². The van der Waals surface area contributed by atoms with Gasteiger partial charge in [-0.15, -0.1) is 0 Å². The number of hydrogen-bond donors (Lipinski definition) is 0. The fraction of sp³-hybridized carbons (Fsp3) is 0.533. The van der Waals surface area contributed by atoms with Crippen molar-refractivity contribution in [3.05, 3.63) is 29.1 Å². The fourth-order valence-electron chi connectivity index (χ4n) is 2.12. The number of benzene rings is 1. The van der Waals surface area contributed by atoms with Crippen molar-refractivity contribution in [3.8, 4) is 5.75 Å². The minimum atomic E-state index is -0.343. The predicted octanol–water partition coefficient (Wildman–Crippen LogP) is 2.85. The molecule has 4 heteroatoms. The van der Waals surface area contributed by atoms with Crippen molar-refractivity contribution in [2.45, 2.75) is 26.3 Å². The molecule has 0 saturated carbocycles. The van der Waals surface area contributed by atoms with Crippen LogP contribution < -0.4 is 4.74 Å². The van der Waals surface area contributed by atoms with E-state index < -0.39 is 0 Å². The summed E-state index contributed by atoms with van der Waals surface area (Å²) in [6.07, 6.45) is 2.61. The first-order valence-electron chi connectivity index (χ1n) is 6.59. The van der Waals surface area contributed by atoms with Gasteiger partial charge in [0.1, 0.15) is 6.61 Å². The molecule has 0 unspecified atom stereocenters. The lowest BCUT2D eigenvalue weighted by Crippen LogP contribution is -2.21. The lowest BCUT2D eigenvalue weighted by atomic mass is 9.91. The second kappa shape index (κ2) is 6.15. The van der Waals surface area contributed by atoms with Gasteiger partial charge in [0, 0.05) is 13.3 Å². The smallest absolute Gasteiger partial charge is 0.165 e. The van der Waals surface area contributed by atoms with Crippen LogP contribution in [0.4, 0.5) is 4.39 Å². The summed E-state index contributed by atoms with van der Waals surface area (Å²) in [4.78, 5) is 4.46. The van der Waals surface area contributed by atoms with Gasteiger partial charge in [-0.3, -0.25) is 4.99 Å². The van der Waals surface area contributed by atoms with Gasteiger partial charge in [-0.1, -0.05) is 13.8 Å². The number of ether oxygens (including phenoxy) is 2. The third-order valence-electron chi connectivity index (χ3n) is 3.34. The molecular weight excluding hydrogens is 245 g/mol. The highest BCUT2D eigenvalue weighted by Crippen LogP contribution is 2.27. The summed E-state index contributed by atoms with van der Waals surface area (Å²) in [5.41, 5.74) is 1.95. The molecule has 0 spiro atoms. The maximum absolute atomic E-state index is 13.8. The highest BCUT2D eigenvalue weighted by atomic mass is 19.1. The van der Waals surface area contributed by atoms with E-state index in [1.165, 1.54) is 6.07 Å². The second-order valence-electron chi connectivity index (χ2n) is 5.12. The number of nitrogens with zero attached hydrogens (tertiary/aromatic N) is 1. The molecule has 1 aromatic carbocycles. The molecule has 0 saturated heterocycles. The third kappa shape index (κ3) is 3.32. The molecule has 0 aliphatic carbocycles. The van der Waals surface area contributed by atoms with Crippen LogP contribution in [0.5, 0.6) is 5.75 Å². The van der Waals surface area contributed by atoms with Crippen molar-refractivity contribution in [3.63, 3.8) is 0 Å². The first kappa shape index (κ1) is 14.0. The summed E-state index contributed by atoms with van der Waals surface area (Å²) in [6, 6.07) is 3.56. The Morgan fingerprint density at radius 2 is 2.16 bits per heavy atom. The first-order valence-corrected chi connectivity index (χ1v) is 6.59. The Kier molecular flexibility index (Phi) is 4.53. The maximum atomic E-state index is 13.8. The molecule has 0 radical (unpaired) electrons. The number of rotatable bonds is 5. The zero-order valence-electron chi connectivity index (χ0n) is 11.6. The SMILES string of the molecule is COCCOc1cc2c(cc1F)C=N[C@H](C(C)C)C2. The molecule has 19 heavy (non-hydrogen) atoms. The van der Waals surface area contributed by atoms with E-state index in [0.717, 1.165) is 17.5 Å². The summed E-state index contributed by atoms with van der Waals surface area (Å²) < 4.78 is 24.1. The van der Waals surface area contributed by atoms with Gasteiger partial charge in [-0.2, -0.15) is 0 Å². The van der Waals surface area contributed by atoms with Crippen LogP contribution in [0, 0.1) is 11.7 Å². The Balaban J connectivity index is 2.17. The van der Waals surface area contributed by atoms with E-state index in [1.54, 1.807) is 19.4 Å². The van der Waals surface area contributed by atoms with Crippen molar-refractivity contribution in [2.24, 2.45) is 10.9 Å². The second-order valence-corrected chi connectivity index (χ2v) is 5.12. The summed E-state index contributed by atoms with van der Waals surface area (Å²) >= 11 is 0. The average Bonchev–Trinajstić information content (AvgIpc) is 2.39. The van der Waals surface area contributed by atoms with E-state index in [2.05, 4.69) is 18.8 Å². The Morgan fingerprint density at radius 1 is 1.37 bits per heavy atom. The molecule has 1 heterocycles. The van der Waals surface area contributed by atoms with E-state index in [1.807, 2.05) is 0 Å². The number of halogens is 1. The standard InChI is InChI=1S/C15H20FNO2/c1-10(2)14-7-11-8-15(19-5-4-18-3)13(16)6-12(11)9-17-14/h6,8-10,14H,4-5,7H2,1-3H3/t14-/m0/s1. The van der Waals surface area contributed by atoms with Crippen molar-refractivity contribution in [1.82, 2.24) is 0 Å². The quantitative estimate of drug-likeness (QED) is 0.766. The minimum Gasteiger partial charge on any atom is -0.488 e. The molecule has 0 fully saturated rings. The molecule has 2 rings (SSSR count). The average molecular weight is 265 g/mol. The van der Waals surface area contributed by atoms with E-state index in [9.17, 15) is 4.39 Å². The zero-order valence-corrected chi connectivity index (χ0v) is 11.6. The Hall–Kier alpha value is -1.42. The van der Waals surface area contributed by atoms with Crippen molar-refractivity contribution < 1.29 is 13.9 Å². The number of fused-ring (bicyclic) bond motifs is 1. The van der Waals surface area contributed by atoms with Gasteiger partial charge in [0.05, 0.1) is 12.6 Å². The van der Waals surface area contributed by atoms with E-state index in [-0.39, 0.29) is 11.9 Å². The van der Waals surface area contributed by atoms with E-state index in [4.69, 9.17) is 9.47 Å². The number of aliphatic imine (C=N–C) groups is 1. The number of methoxy groups -OCH3 is 1. The van der Waals surface area contributed by atoms with E-state index in [0.29, 0.717) is 24.9 Å². The monoisotopic (exact) mass is 265 g/mol. The topological polar surface area (TPSA) is 30.8 Å². The molecule has 0 N–H and O–H groups in total. The normalized spacial score (nSPS) is 17.6. The van der Waals surface area contributed by atoms with Crippen LogP contribution in [-0.4, -0.2) is 32.6 Å². The molecule has 0 aromatic heterocycles. The van der Waals surface area contributed by atoms with Gasteiger partial charge in [-0.25, -0.2) is 4.39 Å². The summed E-state index contributed by atoms with van der Waals surface area (Å²) in [5.74, 6) is 0.435. The van der Waals surface area contributed by atoms with Crippen LogP contribution in [0.1, 0.15) is 25.0 Å². The molecule has 104 valence electrons. The fourth-order valence-corrected chi connectivity index (χ4v) is 2.12. The lowest BCUT2D eigenvalue weighted by molar-refractivity contribution is 0.144. The zero-order chi connectivity index (χ0) is 13.8. The lowest BCUT2D eigenvalue weighted by Gasteiger charge is -2.22. The van der Waals surface area contributed by atoms with Gasteiger partial charge in [-0.05, 0) is 35.6 Å². The maximum Gasteiger partial charge on any atom is 0.165 e. The van der Waals surface area contributed by atoms with Crippen LogP contribution >= 0.6 is 0 Å². The molecular formula is C15H20FNO2. The number of hydrogen-bond acceptors (Lipinski definition) is 3. The molecule has 1 aliphatic rings. The minimum absolute atomic E-state index is 0.268. The van der Waals surface area contributed by atoms with Crippen LogP contribution in [-0.2, 0) is 11.2 Å². The van der Waals surface area contributed by atoms with Crippen LogP contribution in [0.2, 0.25) is 0 Å². The Morgan fingerprint density at radius 3 is 2.84 bits per heavy atom. The molecule has 0 amide bonds. The van der Waals surface area contributed by atoms with Gasteiger partial charge in [0.2, 0.25) is 0 Å². The largest absolute Gasteiger partial charge is 0.488 e. The Labute approximate surface area is 113 Å². The van der Waals surface area contributed by atoms with Crippen LogP contribution in [0.25, 0.3) is 0 Å². The van der Waals surface area contributed by atoms with Gasteiger partial charge in [0.15, 0.2) is 11.6 Å². The van der Waals surface area contributed by atoms with Crippen molar-refractivity contribution >= 4 is 6.21 Å². The highest BCUT2D eigenvalue weighted by molar-refractivity contribution is 5.83. The van der Waals surface area contributed by atoms with Crippen LogP contribution in [0.15, 0.2) is 17.1 Å². The summed E-state index contributed by atoms with van der Waals surface area (Å²) in [7, 11) is 1.59. The molecule has 0 bridgehead atoms. The Bertz CT molecular complexity index is 471. The van der Waals surface area contributed by atoms with E-state index >= 15 is 0 Å².